The van der Waals surface area contributed by atoms with Crippen molar-refractivity contribution in [3.8, 4) is 0 Å². The van der Waals surface area contributed by atoms with Gasteiger partial charge in [0.15, 0.2) is 0 Å². The number of hydrogen-bond acceptors (Lipinski definition) is 3. The second-order valence-corrected chi connectivity index (χ2v) is 8.25. The third-order valence-corrected chi connectivity index (χ3v) is 5.69. The van der Waals surface area contributed by atoms with Crippen molar-refractivity contribution in [1.29, 1.82) is 0 Å². The molecule has 0 unspecified atom stereocenters. The Morgan fingerprint density at radius 2 is 1.68 bits per heavy atom. The molecule has 1 fully saturated rings. The molecule has 0 aromatic heterocycles. The first-order valence-electron chi connectivity index (χ1n) is 8.09. The average Bonchev–Trinajstić information content (AvgIpc) is 3.41. The molecule has 0 atom stereocenters. The van der Waals surface area contributed by atoms with E-state index in [9.17, 15) is 13.2 Å². The van der Waals surface area contributed by atoms with E-state index in [1.54, 1.807) is 12.1 Å². The Morgan fingerprint density at radius 1 is 1.04 bits per heavy atom. The molecule has 2 aromatic rings. The van der Waals surface area contributed by atoms with Crippen LogP contribution in [0.15, 0.2) is 53.4 Å². The summed E-state index contributed by atoms with van der Waals surface area (Å²) < 4.78 is 27.2. The summed E-state index contributed by atoms with van der Waals surface area (Å²) in [4.78, 5) is 12.1. The number of carbonyl (C=O) groups excluding carboxylic acids is 1. The highest BCUT2D eigenvalue weighted by Crippen LogP contribution is 2.19. The minimum atomic E-state index is -3.60. The van der Waals surface area contributed by atoms with Gasteiger partial charge in [0, 0.05) is 23.2 Å². The summed E-state index contributed by atoms with van der Waals surface area (Å²) >= 11 is 5.82. The summed E-state index contributed by atoms with van der Waals surface area (Å²) in [5.74, 6) is -0.165. The van der Waals surface area contributed by atoms with Crippen LogP contribution in [0.3, 0.4) is 0 Å². The van der Waals surface area contributed by atoms with Crippen LogP contribution < -0.4 is 10.0 Å². The highest BCUT2D eigenvalue weighted by Gasteiger charge is 2.24. The van der Waals surface area contributed by atoms with Gasteiger partial charge in [-0.05, 0) is 61.2 Å². The number of hydrogen-bond donors (Lipinski definition) is 2. The number of benzene rings is 2. The topological polar surface area (TPSA) is 75.3 Å². The summed E-state index contributed by atoms with van der Waals surface area (Å²) in [5, 5.41) is 3.52. The van der Waals surface area contributed by atoms with Crippen molar-refractivity contribution in [3.63, 3.8) is 0 Å². The summed E-state index contributed by atoms with van der Waals surface area (Å²) in [6.45, 7) is 0.286. The molecule has 2 N–H and O–H groups in total. The molecule has 1 saturated carbocycles. The normalized spacial score (nSPS) is 14.3. The molecular weight excluding hydrogens is 360 g/mol. The Balaban J connectivity index is 1.57. The third kappa shape index (κ3) is 5.04. The lowest BCUT2D eigenvalue weighted by molar-refractivity contribution is 0.0951. The van der Waals surface area contributed by atoms with Gasteiger partial charge in [-0.15, -0.1) is 0 Å². The van der Waals surface area contributed by atoms with Crippen LogP contribution in [0.2, 0.25) is 5.02 Å². The van der Waals surface area contributed by atoms with Crippen molar-refractivity contribution in [2.75, 3.05) is 6.54 Å². The van der Waals surface area contributed by atoms with E-state index in [4.69, 9.17) is 11.6 Å². The van der Waals surface area contributed by atoms with E-state index in [0.717, 1.165) is 18.4 Å². The first kappa shape index (κ1) is 17.9. The van der Waals surface area contributed by atoms with Gasteiger partial charge in [-0.2, -0.15) is 0 Å². The SMILES string of the molecule is O=C(NC1CC1)c1ccc(S(=O)(=O)NCCc2ccc(Cl)cc2)cc1. The Bertz CT molecular complexity index is 845. The largest absolute Gasteiger partial charge is 0.349 e. The Kier molecular flexibility index (Phi) is 5.42. The summed E-state index contributed by atoms with van der Waals surface area (Å²) in [7, 11) is -3.60. The van der Waals surface area contributed by atoms with Gasteiger partial charge >= 0.3 is 0 Å². The summed E-state index contributed by atoms with van der Waals surface area (Å²) in [6.07, 6.45) is 2.59. The van der Waals surface area contributed by atoms with Crippen LogP contribution in [0.1, 0.15) is 28.8 Å². The third-order valence-electron chi connectivity index (χ3n) is 3.96. The van der Waals surface area contributed by atoms with Crippen LogP contribution >= 0.6 is 11.6 Å². The van der Waals surface area contributed by atoms with Crippen LogP contribution in [0.25, 0.3) is 0 Å². The van der Waals surface area contributed by atoms with E-state index in [1.807, 2.05) is 12.1 Å². The number of carbonyl (C=O) groups is 1. The standard InChI is InChI=1S/C18H19ClN2O3S/c19-15-5-1-13(2-6-15)11-12-20-25(23,24)17-9-3-14(4-10-17)18(22)21-16-7-8-16/h1-6,9-10,16,20H,7-8,11-12H2,(H,21,22). The van der Waals surface area contributed by atoms with Gasteiger partial charge in [0.25, 0.3) is 5.91 Å². The maximum atomic E-state index is 12.3. The van der Waals surface area contributed by atoms with Gasteiger partial charge in [-0.1, -0.05) is 23.7 Å². The van der Waals surface area contributed by atoms with Crippen molar-refractivity contribution in [3.05, 3.63) is 64.7 Å². The minimum absolute atomic E-state index is 0.145. The van der Waals surface area contributed by atoms with Gasteiger partial charge in [-0.3, -0.25) is 4.79 Å². The van der Waals surface area contributed by atoms with Gasteiger partial charge in [0.1, 0.15) is 0 Å². The van der Waals surface area contributed by atoms with Crippen LogP contribution in [0.4, 0.5) is 0 Å². The molecule has 0 heterocycles. The van der Waals surface area contributed by atoms with Crippen molar-refractivity contribution in [1.82, 2.24) is 10.0 Å². The number of halogens is 1. The van der Waals surface area contributed by atoms with Gasteiger partial charge in [0.2, 0.25) is 10.0 Å². The van der Waals surface area contributed by atoms with Crippen molar-refractivity contribution in [2.45, 2.75) is 30.2 Å². The molecular formula is C18H19ClN2O3S. The molecule has 1 aliphatic rings. The molecule has 2 aromatic carbocycles. The summed E-state index contributed by atoms with van der Waals surface area (Å²) in [5.41, 5.74) is 1.46. The average molecular weight is 379 g/mol. The van der Waals surface area contributed by atoms with E-state index in [0.29, 0.717) is 17.0 Å². The zero-order chi connectivity index (χ0) is 17.9. The molecule has 0 bridgehead atoms. The quantitative estimate of drug-likeness (QED) is 0.777. The molecule has 1 amide bonds. The Morgan fingerprint density at radius 3 is 2.28 bits per heavy atom. The minimum Gasteiger partial charge on any atom is -0.349 e. The number of nitrogens with one attached hydrogen (secondary N) is 2. The molecule has 1 aliphatic carbocycles. The van der Waals surface area contributed by atoms with E-state index >= 15 is 0 Å². The van der Waals surface area contributed by atoms with Crippen LogP contribution in [-0.2, 0) is 16.4 Å². The molecule has 3 rings (SSSR count). The maximum Gasteiger partial charge on any atom is 0.251 e. The lowest BCUT2D eigenvalue weighted by atomic mass is 10.2. The molecule has 0 spiro atoms. The number of sulfonamides is 1. The lowest BCUT2D eigenvalue weighted by Gasteiger charge is -2.08. The predicted octanol–water partition coefficient (Wildman–Crippen LogP) is 2.75. The smallest absolute Gasteiger partial charge is 0.251 e. The molecule has 0 aliphatic heterocycles. The van der Waals surface area contributed by atoms with Gasteiger partial charge in [0.05, 0.1) is 4.90 Å². The van der Waals surface area contributed by atoms with Gasteiger partial charge < -0.3 is 5.32 Å². The second-order valence-electron chi connectivity index (χ2n) is 6.05. The molecule has 25 heavy (non-hydrogen) atoms. The van der Waals surface area contributed by atoms with Crippen LogP contribution in [0.5, 0.6) is 0 Å². The molecule has 0 radical (unpaired) electrons. The van der Waals surface area contributed by atoms with Crippen LogP contribution in [0, 0.1) is 0 Å². The van der Waals surface area contributed by atoms with Crippen molar-refractivity contribution < 1.29 is 13.2 Å². The molecule has 0 saturated heterocycles. The fourth-order valence-electron chi connectivity index (χ4n) is 2.35. The predicted molar refractivity (Wildman–Crippen MR) is 97.3 cm³/mol. The fourth-order valence-corrected chi connectivity index (χ4v) is 3.50. The van der Waals surface area contributed by atoms with E-state index in [1.165, 1.54) is 24.3 Å². The fraction of sp³-hybridized carbons (Fsp3) is 0.278. The van der Waals surface area contributed by atoms with Gasteiger partial charge in [-0.25, -0.2) is 13.1 Å². The highest BCUT2D eigenvalue weighted by atomic mass is 35.5. The highest BCUT2D eigenvalue weighted by molar-refractivity contribution is 7.89. The van der Waals surface area contributed by atoms with Crippen LogP contribution in [-0.4, -0.2) is 26.9 Å². The van der Waals surface area contributed by atoms with Crippen molar-refractivity contribution in [2.24, 2.45) is 0 Å². The van der Waals surface area contributed by atoms with Crippen molar-refractivity contribution >= 4 is 27.5 Å². The second kappa shape index (κ2) is 7.56. The van der Waals surface area contributed by atoms with E-state index in [-0.39, 0.29) is 23.4 Å². The number of amides is 1. The Labute approximate surface area is 152 Å². The monoisotopic (exact) mass is 378 g/mol. The summed E-state index contributed by atoms with van der Waals surface area (Å²) in [6, 6.07) is 13.5. The first-order chi connectivity index (χ1) is 11.9. The van der Waals surface area contributed by atoms with E-state index in [2.05, 4.69) is 10.0 Å². The molecule has 132 valence electrons. The first-order valence-corrected chi connectivity index (χ1v) is 9.95. The number of rotatable bonds is 7. The zero-order valence-corrected chi connectivity index (χ0v) is 15.1. The lowest BCUT2D eigenvalue weighted by Crippen LogP contribution is -2.27. The molecule has 5 nitrogen and oxygen atoms in total. The zero-order valence-electron chi connectivity index (χ0n) is 13.5. The van der Waals surface area contributed by atoms with E-state index < -0.39 is 10.0 Å². The molecule has 7 heteroatoms. The Hall–Kier alpha value is -1.89. The maximum absolute atomic E-state index is 12.3.